The molecular formula is C32H27F3N4O6S. The van der Waals surface area contributed by atoms with Crippen LogP contribution in [-0.4, -0.2) is 47.4 Å². The van der Waals surface area contributed by atoms with Gasteiger partial charge in [-0.1, -0.05) is 18.2 Å². The summed E-state index contributed by atoms with van der Waals surface area (Å²) in [7, 11) is -2.10. The lowest BCUT2D eigenvalue weighted by Gasteiger charge is -2.37. The van der Waals surface area contributed by atoms with Crippen molar-refractivity contribution in [2.45, 2.75) is 42.3 Å². The molecule has 0 spiro atoms. The number of sulfone groups is 1. The number of fused-ring (bicyclic) bond motifs is 1. The summed E-state index contributed by atoms with van der Waals surface area (Å²) in [5.74, 6) is -2.16. The molecule has 0 saturated carbocycles. The van der Waals surface area contributed by atoms with Gasteiger partial charge in [0.2, 0.25) is 0 Å². The molecule has 0 saturated heterocycles. The van der Waals surface area contributed by atoms with Gasteiger partial charge in [-0.05, 0) is 60.5 Å². The minimum absolute atomic E-state index is 0.162. The van der Waals surface area contributed by atoms with Crippen LogP contribution in [0, 0.1) is 24.1 Å². The summed E-state index contributed by atoms with van der Waals surface area (Å²) < 4.78 is 84.0. The first-order valence-corrected chi connectivity index (χ1v) is 15.9. The Bertz CT molecular complexity index is 2100. The molecule has 46 heavy (non-hydrogen) atoms. The number of oxazole rings is 1. The Kier molecular flexibility index (Phi) is 7.37. The summed E-state index contributed by atoms with van der Waals surface area (Å²) >= 11 is 0. The van der Waals surface area contributed by atoms with Crippen LogP contribution in [0.3, 0.4) is 0 Å². The number of hydrogen-bond acceptors (Lipinski definition) is 9. The fourth-order valence-electron chi connectivity index (χ4n) is 5.81. The van der Waals surface area contributed by atoms with Gasteiger partial charge in [-0.25, -0.2) is 17.8 Å². The van der Waals surface area contributed by atoms with Crippen molar-refractivity contribution < 1.29 is 40.6 Å². The molecule has 3 unspecified atom stereocenters. The van der Waals surface area contributed by atoms with E-state index in [0.717, 1.165) is 12.3 Å². The van der Waals surface area contributed by atoms with Crippen molar-refractivity contribution in [3.63, 3.8) is 0 Å². The fourth-order valence-corrected chi connectivity index (χ4v) is 6.48. The second-order valence-electron chi connectivity index (χ2n) is 11.3. The van der Waals surface area contributed by atoms with Crippen LogP contribution in [0.25, 0.3) is 16.8 Å². The first-order valence-electron chi connectivity index (χ1n) is 14.0. The molecule has 1 N–H and O–H groups in total. The highest BCUT2D eigenvalue weighted by Crippen LogP contribution is 2.50. The van der Waals surface area contributed by atoms with Crippen LogP contribution in [0.15, 0.2) is 70.0 Å². The van der Waals surface area contributed by atoms with Gasteiger partial charge in [0.05, 0.1) is 46.2 Å². The van der Waals surface area contributed by atoms with Gasteiger partial charge in [-0.2, -0.15) is 10.4 Å². The molecule has 14 heteroatoms. The minimum Gasteiger partial charge on any atom is -0.445 e. The number of rotatable bonds is 7. The fraction of sp³-hybridized carbons (Fsp3) is 0.281. The normalized spacial score (nSPS) is 20.8. The number of hydrogen-bond donors (Lipinski definition) is 1. The van der Waals surface area contributed by atoms with Crippen LogP contribution >= 0.6 is 0 Å². The van der Waals surface area contributed by atoms with Crippen LogP contribution in [0.5, 0.6) is 11.5 Å². The topological polar surface area (TPSA) is 140 Å². The number of aliphatic hydroxyl groups is 1. The number of halogens is 3. The number of nitrogens with zero attached hydrogens (tertiary/aromatic N) is 4. The van der Waals surface area contributed by atoms with Crippen molar-refractivity contribution in [2.75, 3.05) is 12.9 Å². The van der Waals surface area contributed by atoms with Crippen molar-refractivity contribution in [1.29, 1.82) is 5.26 Å². The van der Waals surface area contributed by atoms with Crippen LogP contribution < -0.4 is 9.47 Å². The molecule has 2 aromatic heterocycles. The quantitative estimate of drug-likeness (QED) is 0.272. The molecule has 10 nitrogen and oxygen atoms in total. The molecule has 2 aliphatic rings. The van der Waals surface area contributed by atoms with Gasteiger partial charge in [0, 0.05) is 25.8 Å². The number of aromatic nitrogens is 3. The van der Waals surface area contributed by atoms with E-state index < -0.39 is 45.8 Å². The molecule has 3 heterocycles. The predicted molar refractivity (Wildman–Crippen MR) is 158 cm³/mol. The molecule has 1 aliphatic heterocycles. The third kappa shape index (κ3) is 5.35. The van der Waals surface area contributed by atoms with Crippen LogP contribution in [0.4, 0.5) is 13.2 Å². The van der Waals surface area contributed by atoms with Gasteiger partial charge in [0.1, 0.15) is 17.3 Å². The molecule has 0 radical (unpaired) electrons. The van der Waals surface area contributed by atoms with E-state index in [4.69, 9.17) is 4.42 Å². The first kappa shape index (κ1) is 31.1. The van der Waals surface area contributed by atoms with Crippen molar-refractivity contribution in [3.8, 4) is 28.8 Å². The highest BCUT2D eigenvalue weighted by Gasteiger charge is 2.47. The Hall–Kier alpha value is -4.87. The average Bonchev–Trinajstić information content (AvgIpc) is 3.68. The number of benzene rings is 2. The predicted octanol–water partition coefficient (Wildman–Crippen LogP) is 5.54. The minimum atomic E-state index is -3.84. The second-order valence-corrected chi connectivity index (χ2v) is 13.3. The summed E-state index contributed by atoms with van der Waals surface area (Å²) in [5, 5.41) is 25.2. The average molecular weight is 653 g/mol. The standard InChI is InChI=1S/C32H27F3N4O6S/c1-17(15-36)25-14-28(39(3)38-25)31(16-40)8-7-19(21-9-22(33)13-23(10-21)46(4,41)42)11-24(31)30-29(37-18(2)43-30)20-5-6-26-27(12-20)45-32(34,35)44-26/h5-14,17,24,40H,16H2,1-4H3. The van der Waals surface area contributed by atoms with Gasteiger partial charge in [0.25, 0.3) is 0 Å². The summed E-state index contributed by atoms with van der Waals surface area (Å²) in [6.07, 6.45) is 2.16. The molecule has 0 amide bonds. The number of ether oxygens (including phenoxy) is 2. The zero-order valence-corrected chi connectivity index (χ0v) is 25.8. The molecule has 1 aliphatic carbocycles. The van der Waals surface area contributed by atoms with E-state index >= 15 is 0 Å². The van der Waals surface area contributed by atoms with E-state index in [-0.39, 0.29) is 39.3 Å². The number of aliphatic hydroxyl groups excluding tert-OH is 1. The van der Waals surface area contributed by atoms with Crippen LogP contribution in [0.2, 0.25) is 0 Å². The monoisotopic (exact) mass is 652 g/mol. The summed E-state index contributed by atoms with van der Waals surface area (Å²) in [4.78, 5) is 4.33. The van der Waals surface area contributed by atoms with E-state index in [9.17, 15) is 32.0 Å². The van der Waals surface area contributed by atoms with Crippen molar-refractivity contribution in [3.05, 3.63) is 95.1 Å². The molecule has 2 aromatic carbocycles. The summed E-state index contributed by atoms with van der Waals surface area (Å²) in [6, 6.07) is 11.5. The van der Waals surface area contributed by atoms with Crippen molar-refractivity contribution in [2.24, 2.45) is 7.05 Å². The van der Waals surface area contributed by atoms with Crippen LogP contribution in [-0.2, 0) is 22.3 Å². The van der Waals surface area contributed by atoms with E-state index in [1.807, 2.05) is 0 Å². The smallest absolute Gasteiger partial charge is 0.445 e. The van der Waals surface area contributed by atoms with Crippen molar-refractivity contribution in [1.82, 2.24) is 14.8 Å². The zero-order valence-electron chi connectivity index (χ0n) is 25.0. The molecule has 238 valence electrons. The first-order chi connectivity index (χ1) is 21.6. The Labute approximate surface area is 261 Å². The Morgan fingerprint density at radius 2 is 1.87 bits per heavy atom. The lowest BCUT2D eigenvalue weighted by Crippen LogP contribution is -2.38. The summed E-state index contributed by atoms with van der Waals surface area (Å²) in [6.45, 7) is 2.79. The highest BCUT2D eigenvalue weighted by atomic mass is 32.2. The van der Waals surface area contributed by atoms with E-state index in [1.54, 1.807) is 49.9 Å². The SMILES string of the molecule is Cc1nc(-c2ccc3c(c2)OC(F)(F)O3)c(C2C=C(c3cc(F)cc(S(C)(=O)=O)c3)C=CC2(CO)c2cc(C(C)C#N)nn2C)o1. The highest BCUT2D eigenvalue weighted by molar-refractivity contribution is 7.90. The van der Waals surface area contributed by atoms with Gasteiger partial charge in [-0.3, -0.25) is 4.68 Å². The maximum atomic E-state index is 14.7. The largest absolute Gasteiger partial charge is 0.586 e. The van der Waals surface area contributed by atoms with Crippen molar-refractivity contribution >= 4 is 15.4 Å². The molecule has 0 bridgehead atoms. The molecule has 3 atom stereocenters. The number of alkyl halides is 2. The van der Waals surface area contributed by atoms with Crippen LogP contribution in [0.1, 0.15) is 47.4 Å². The Morgan fingerprint density at radius 3 is 2.57 bits per heavy atom. The van der Waals surface area contributed by atoms with Gasteiger partial charge < -0.3 is 19.0 Å². The second kappa shape index (κ2) is 10.9. The molecule has 6 rings (SSSR count). The third-order valence-electron chi connectivity index (χ3n) is 8.09. The zero-order chi connectivity index (χ0) is 33.2. The lowest BCUT2D eigenvalue weighted by molar-refractivity contribution is -0.286. The van der Waals surface area contributed by atoms with Gasteiger partial charge >= 0.3 is 6.29 Å². The Balaban J connectivity index is 1.58. The molecular weight excluding hydrogens is 625 g/mol. The van der Waals surface area contributed by atoms with Gasteiger partial charge in [0.15, 0.2) is 27.2 Å². The summed E-state index contributed by atoms with van der Waals surface area (Å²) in [5.41, 5.74) is 0.925. The maximum Gasteiger partial charge on any atom is 0.586 e. The lowest BCUT2D eigenvalue weighted by atomic mass is 9.67. The number of allylic oxidation sites excluding steroid dienone is 3. The Morgan fingerprint density at radius 1 is 1.13 bits per heavy atom. The van der Waals surface area contributed by atoms with E-state index in [2.05, 4.69) is 25.6 Å². The third-order valence-corrected chi connectivity index (χ3v) is 9.18. The molecule has 0 fully saturated rings. The maximum absolute atomic E-state index is 14.7. The van der Waals surface area contributed by atoms with E-state index in [0.29, 0.717) is 22.5 Å². The number of nitriles is 1. The van der Waals surface area contributed by atoms with E-state index in [1.165, 1.54) is 30.3 Å². The molecule has 4 aromatic rings. The van der Waals surface area contributed by atoms with Gasteiger partial charge in [-0.15, -0.1) is 8.78 Å². The number of aryl methyl sites for hydroxylation is 2.